The summed E-state index contributed by atoms with van der Waals surface area (Å²) in [7, 11) is 0. The zero-order valence-electron chi connectivity index (χ0n) is 39.3. The number of aryl methyl sites for hydroxylation is 6. The lowest BCUT2D eigenvalue weighted by molar-refractivity contribution is 0.561. The minimum Gasteiger partial charge on any atom is -0.299 e. The van der Waals surface area contributed by atoms with Crippen molar-refractivity contribution < 1.29 is 0 Å². The second kappa shape index (κ2) is 19.3. The van der Waals surface area contributed by atoms with Gasteiger partial charge in [-0.05, 0) is 108 Å². The van der Waals surface area contributed by atoms with Gasteiger partial charge < -0.3 is 0 Å². The van der Waals surface area contributed by atoms with Gasteiger partial charge in [-0.3, -0.25) is 9.13 Å². The Bertz CT molecular complexity index is 2410. The van der Waals surface area contributed by atoms with Crippen molar-refractivity contribution >= 4 is 0 Å². The van der Waals surface area contributed by atoms with Crippen LogP contribution in [0.5, 0.6) is 0 Å². The fraction of sp³-hybridized carbons (Fsp3) is 0.357. The van der Waals surface area contributed by atoms with E-state index in [0.29, 0.717) is 0 Å². The molecule has 60 heavy (non-hydrogen) atoms. The molecule has 0 atom stereocenters. The Morgan fingerprint density at radius 1 is 0.500 bits per heavy atom. The van der Waals surface area contributed by atoms with Gasteiger partial charge in [0, 0.05) is 35.9 Å². The molecule has 0 saturated heterocycles. The fourth-order valence-electron chi connectivity index (χ4n) is 7.89. The van der Waals surface area contributed by atoms with Crippen LogP contribution in [-0.4, -0.2) is 19.1 Å². The quantitative estimate of drug-likeness (QED) is 0.161. The third-order valence-corrected chi connectivity index (χ3v) is 10.6. The van der Waals surface area contributed by atoms with Crippen LogP contribution in [0.4, 0.5) is 0 Å². The van der Waals surface area contributed by atoms with Crippen LogP contribution in [0, 0.1) is 33.6 Å². The van der Waals surface area contributed by atoms with E-state index in [9.17, 15) is 0 Å². The molecule has 0 fully saturated rings. The van der Waals surface area contributed by atoms with Crippen LogP contribution in [0.25, 0.3) is 45.3 Å². The minimum absolute atomic E-state index is 0.0363. The molecule has 0 spiro atoms. The van der Waals surface area contributed by atoms with Crippen molar-refractivity contribution in [2.45, 2.75) is 128 Å². The molecule has 0 radical (unpaired) electrons. The molecule has 5 aromatic carbocycles. The van der Waals surface area contributed by atoms with Crippen molar-refractivity contribution in [1.29, 1.82) is 0 Å². The standard InChI is InChI=1S/C27H28N2.C25H32N2.C4H10/c1-5-21-17-25(24-15-19(3)14-20(4)16-24)18-22(6-2)26(21)29-13-12-28-27(29)23-10-8-7-9-11-23;1-17-15-20(24(3,4)5)22(21(16-17)25(6,7)8)27-14-13-26-23(27)19-12-10-9-11-18(19)2;1-4(2)3/h7-18H,5-6H2,1-4H3;9-16H,1-8H3;4H,1-3H3. The van der Waals surface area contributed by atoms with Crippen LogP contribution >= 0.6 is 0 Å². The number of hydrogen-bond acceptors (Lipinski definition) is 2. The van der Waals surface area contributed by atoms with Crippen molar-refractivity contribution in [2.75, 3.05) is 0 Å². The highest BCUT2D eigenvalue weighted by molar-refractivity contribution is 5.72. The SMILES string of the molecule is CC(C)C.CCc1cc(-c2cc(C)cc(C)c2)cc(CC)c1-n1ccnc1-c1ccccc1.Cc1cc(C(C)(C)C)c(-n2ccnc2-c2ccccc2C)c(C(C)(C)C)c1. The molecule has 7 aromatic rings. The summed E-state index contributed by atoms with van der Waals surface area (Å²) in [5, 5.41) is 0. The number of rotatable bonds is 7. The third kappa shape index (κ3) is 10.8. The largest absolute Gasteiger partial charge is 0.299 e. The summed E-state index contributed by atoms with van der Waals surface area (Å²) >= 11 is 0. The molecule has 4 heteroatoms. The first-order valence-electron chi connectivity index (χ1n) is 21.9. The van der Waals surface area contributed by atoms with E-state index in [4.69, 9.17) is 4.98 Å². The Morgan fingerprint density at radius 2 is 0.933 bits per heavy atom. The van der Waals surface area contributed by atoms with Gasteiger partial charge in [0.05, 0.1) is 11.4 Å². The van der Waals surface area contributed by atoms with Crippen molar-refractivity contribution in [3.63, 3.8) is 0 Å². The molecule has 314 valence electrons. The number of hydrogen-bond donors (Lipinski definition) is 0. The lowest BCUT2D eigenvalue weighted by Crippen LogP contribution is -2.22. The topological polar surface area (TPSA) is 35.6 Å². The summed E-state index contributed by atoms with van der Waals surface area (Å²) in [6, 6.07) is 35.1. The average Bonchev–Trinajstić information content (AvgIpc) is 3.87. The minimum atomic E-state index is 0.0363. The highest BCUT2D eigenvalue weighted by Gasteiger charge is 2.28. The van der Waals surface area contributed by atoms with Gasteiger partial charge in [-0.25, -0.2) is 9.97 Å². The summed E-state index contributed by atoms with van der Waals surface area (Å²) in [6.45, 7) is 33.4. The van der Waals surface area contributed by atoms with Crippen LogP contribution in [0.1, 0.15) is 121 Å². The Labute approximate surface area is 362 Å². The molecule has 0 amide bonds. The zero-order chi connectivity index (χ0) is 43.9. The highest BCUT2D eigenvalue weighted by Crippen LogP contribution is 2.40. The van der Waals surface area contributed by atoms with E-state index in [1.807, 2.05) is 18.5 Å². The number of aromatic nitrogens is 4. The maximum absolute atomic E-state index is 4.76. The highest BCUT2D eigenvalue weighted by atomic mass is 15.1. The predicted octanol–water partition coefficient (Wildman–Crippen LogP) is 15.4. The van der Waals surface area contributed by atoms with Gasteiger partial charge in [-0.2, -0.15) is 0 Å². The van der Waals surface area contributed by atoms with E-state index >= 15 is 0 Å². The summed E-state index contributed by atoms with van der Waals surface area (Å²) in [6.07, 6.45) is 9.98. The molecule has 2 heterocycles. The first kappa shape index (κ1) is 45.6. The molecule has 0 saturated carbocycles. The molecule has 0 aliphatic rings. The summed E-state index contributed by atoms with van der Waals surface area (Å²) in [4.78, 5) is 9.44. The Morgan fingerprint density at radius 3 is 1.42 bits per heavy atom. The van der Waals surface area contributed by atoms with Crippen molar-refractivity contribution in [2.24, 2.45) is 5.92 Å². The smallest absolute Gasteiger partial charge is 0.144 e. The Kier molecular flexibility index (Phi) is 14.6. The lowest BCUT2D eigenvalue weighted by atomic mass is 9.77. The molecule has 0 N–H and O–H groups in total. The normalized spacial score (nSPS) is 11.5. The lowest BCUT2D eigenvalue weighted by Gasteiger charge is -2.31. The molecule has 7 rings (SSSR count). The van der Waals surface area contributed by atoms with Gasteiger partial charge in [0.2, 0.25) is 0 Å². The average molecular weight is 799 g/mol. The molecule has 0 bridgehead atoms. The number of imidazole rings is 2. The first-order valence-corrected chi connectivity index (χ1v) is 21.9. The molecule has 0 aliphatic carbocycles. The third-order valence-electron chi connectivity index (χ3n) is 10.6. The van der Waals surface area contributed by atoms with Gasteiger partial charge in [0.25, 0.3) is 0 Å². The van der Waals surface area contributed by atoms with Gasteiger partial charge in [0.1, 0.15) is 11.6 Å². The number of benzene rings is 5. The van der Waals surface area contributed by atoms with Gasteiger partial charge >= 0.3 is 0 Å². The Hall–Kier alpha value is -5.48. The molecule has 0 aliphatic heterocycles. The molecular formula is C56H70N4. The van der Waals surface area contributed by atoms with Crippen LogP contribution in [-0.2, 0) is 23.7 Å². The summed E-state index contributed by atoms with van der Waals surface area (Å²) in [5.74, 6) is 2.84. The molecule has 2 aromatic heterocycles. The van der Waals surface area contributed by atoms with Gasteiger partial charge in [-0.15, -0.1) is 0 Å². The van der Waals surface area contributed by atoms with E-state index in [2.05, 4.69) is 221 Å². The van der Waals surface area contributed by atoms with Crippen molar-refractivity contribution in [1.82, 2.24) is 19.1 Å². The van der Waals surface area contributed by atoms with Crippen molar-refractivity contribution in [3.8, 4) is 45.3 Å². The van der Waals surface area contributed by atoms with Crippen LogP contribution in [0.3, 0.4) is 0 Å². The second-order valence-electron chi connectivity index (χ2n) is 19.1. The van der Waals surface area contributed by atoms with Gasteiger partial charge in [0.15, 0.2) is 0 Å². The monoisotopic (exact) mass is 799 g/mol. The summed E-state index contributed by atoms with van der Waals surface area (Å²) in [5.41, 5.74) is 18.1. The van der Waals surface area contributed by atoms with Crippen LogP contribution in [0.15, 0.2) is 122 Å². The predicted molar refractivity (Wildman–Crippen MR) is 259 cm³/mol. The fourth-order valence-corrected chi connectivity index (χ4v) is 7.89. The molecular weight excluding hydrogens is 729 g/mol. The van der Waals surface area contributed by atoms with E-state index in [1.54, 1.807) is 0 Å². The maximum Gasteiger partial charge on any atom is 0.144 e. The summed E-state index contributed by atoms with van der Waals surface area (Å²) < 4.78 is 4.56. The van der Waals surface area contributed by atoms with E-state index < -0.39 is 0 Å². The van der Waals surface area contributed by atoms with Gasteiger partial charge in [-0.1, -0.05) is 178 Å². The molecule has 0 unspecified atom stereocenters. The zero-order valence-corrected chi connectivity index (χ0v) is 39.3. The second-order valence-corrected chi connectivity index (χ2v) is 19.1. The van der Waals surface area contributed by atoms with E-state index in [-0.39, 0.29) is 10.8 Å². The number of nitrogens with zero attached hydrogens (tertiary/aromatic N) is 4. The first-order chi connectivity index (χ1) is 28.3. The van der Waals surface area contributed by atoms with E-state index in [1.165, 1.54) is 72.6 Å². The maximum atomic E-state index is 4.76. The van der Waals surface area contributed by atoms with Crippen LogP contribution in [0.2, 0.25) is 0 Å². The van der Waals surface area contributed by atoms with E-state index in [0.717, 1.165) is 36.0 Å². The van der Waals surface area contributed by atoms with Crippen molar-refractivity contribution in [3.05, 3.63) is 166 Å². The van der Waals surface area contributed by atoms with Crippen LogP contribution < -0.4 is 0 Å². The Balaban J connectivity index is 0.000000210. The molecule has 4 nitrogen and oxygen atoms in total.